The third-order valence-corrected chi connectivity index (χ3v) is 3.55. The largest absolute Gasteiger partial charge is 0.340 e. The van der Waals surface area contributed by atoms with Gasteiger partial charge in [0.1, 0.15) is 0 Å². The van der Waals surface area contributed by atoms with E-state index in [2.05, 4.69) is 12.6 Å². The van der Waals surface area contributed by atoms with Crippen molar-refractivity contribution in [2.75, 3.05) is 26.2 Å². The van der Waals surface area contributed by atoms with E-state index < -0.39 is 0 Å². The maximum atomic E-state index is 12.5. The summed E-state index contributed by atoms with van der Waals surface area (Å²) in [6, 6.07) is 13.4. The van der Waals surface area contributed by atoms with Crippen molar-refractivity contribution in [1.29, 1.82) is 15.8 Å². The average Bonchev–Trinajstić information content (AvgIpc) is 2.62. The van der Waals surface area contributed by atoms with Crippen LogP contribution in [0.2, 0.25) is 0 Å². The lowest BCUT2D eigenvalue weighted by Gasteiger charge is -2.26. The SMILES string of the molecule is C=CCN(CC(=O)N(CCC#N)CCC#N)Cc1cccc(C#N)c1. The summed E-state index contributed by atoms with van der Waals surface area (Å²) >= 11 is 0. The minimum absolute atomic E-state index is 0.121. The first-order chi connectivity index (χ1) is 12.1. The molecule has 25 heavy (non-hydrogen) atoms. The molecule has 0 aromatic heterocycles. The molecule has 6 heteroatoms. The normalized spacial score (nSPS) is 9.68. The number of nitrogens with zero attached hydrogens (tertiary/aromatic N) is 5. The van der Waals surface area contributed by atoms with E-state index in [1.54, 1.807) is 23.1 Å². The van der Waals surface area contributed by atoms with Crippen LogP contribution in [-0.4, -0.2) is 41.9 Å². The highest BCUT2D eigenvalue weighted by Gasteiger charge is 2.17. The molecule has 0 aliphatic rings. The van der Waals surface area contributed by atoms with Gasteiger partial charge in [0.15, 0.2) is 0 Å². The quantitative estimate of drug-likeness (QED) is 0.611. The topological polar surface area (TPSA) is 94.9 Å². The Bertz CT molecular complexity index is 690. The standard InChI is InChI=1S/C19H21N5O/c1-2-10-23(15-18-7-3-6-17(13-18)14-22)16-19(25)24(11-4-8-20)12-5-9-21/h2-3,6-7,13H,1,4-5,10-12,15-16H2. The molecule has 1 rings (SSSR count). The Morgan fingerprint density at radius 2 is 1.84 bits per heavy atom. The van der Waals surface area contributed by atoms with E-state index in [1.165, 1.54) is 0 Å². The molecule has 0 saturated heterocycles. The van der Waals surface area contributed by atoms with E-state index in [4.69, 9.17) is 15.8 Å². The first kappa shape index (κ1) is 19.9. The van der Waals surface area contributed by atoms with Crippen LogP contribution in [0.3, 0.4) is 0 Å². The molecule has 0 bridgehead atoms. The second kappa shape index (κ2) is 11.4. The number of nitriles is 3. The Balaban J connectivity index is 2.78. The summed E-state index contributed by atoms with van der Waals surface area (Å²) < 4.78 is 0. The summed E-state index contributed by atoms with van der Waals surface area (Å²) in [5.74, 6) is -0.121. The average molecular weight is 335 g/mol. The van der Waals surface area contributed by atoms with Crippen LogP contribution >= 0.6 is 0 Å². The zero-order chi connectivity index (χ0) is 18.5. The number of benzene rings is 1. The maximum absolute atomic E-state index is 12.5. The highest BCUT2D eigenvalue weighted by atomic mass is 16.2. The van der Waals surface area contributed by atoms with E-state index in [0.29, 0.717) is 31.7 Å². The van der Waals surface area contributed by atoms with Gasteiger partial charge in [0.05, 0.1) is 43.2 Å². The Labute approximate surface area is 148 Å². The molecule has 128 valence electrons. The van der Waals surface area contributed by atoms with Crippen molar-refractivity contribution in [3.8, 4) is 18.2 Å². The molecule has 1 amide bonds. The molecule has 6 nitrogen and oxygen atoms in total. The Morgan fingerprint density at radius 1 is 1.16 bits per heavy atom. The molecular formula is C19H21N5O. The van der Waals surface area contributed by atoms with Crippen LogP contribution in [0.25, 0.3) is 0 Å². The van der Waals surface area contributed by atoms with Crippen LogP contribution < -0.4 is 0 Å². The number of carbonyl (C=O) groups is 1. The Hall–Kier alpha value is -3.14. The molecule has 0 unspecified atom stereocenters. The summed E-state index contributed by atoms with van der Waals surface area (Å²) in [5, 5.41) is 26.4. The van der Waals surface area contributed by atoms with Gasteiger partial charge in [0, 0.05) is 26.2 Å². The second-order valence-electron chi connectivity index (χ2n) is 5.47. The third-order valence-electron chi connectivity index (χ3n) is 3.55. The van der Waals surface area contributed by atoms with E-state index in [9.17, 15) is 4.79 Å². The Morgan fingerprint density at radius 3 is 2.40 bits per heavy atom. The predicted molar refractivity (Wildman–Crippen MR) is 93.7 cm³/mol. The minimum Gasteiger partial charge on any atom is -0.340 e. The van der Waals surface area contributed by atoms with Crippen molar-refractivity contribution in [3.63, 3.8) is 0 Å². The fraction of sp³-hybridized carbons (Fsp3) is 0.368. The van der Waals surface area contributed by atoms with Gasteiger partial charge in [-0.15, -0.1) is 6.58 Å². The lowest BCUT2D eigenvalue weighted by atomic mass is 10.1. The predicted octanol–water partition coefficient (Wildman–Crippen LogP) is 2.20. The molecule has 0 aliphatic carbocycles. The van der Waals surface area contributed by atoms with Gasteiger partial charge < -0.3 is 4.90 Å². The molecular weight excluding hydrogens is 314 g/mol. The number of carbonyl (C=O) groups excluding carboxylic acids is 1. The fourth-order valence-corrected chi connectivity index (χ4v) is 2.39. The van der Waals surface area contributed by atoms with Crippen molar-refractivity contribution in [3.05, 3.63) is 48.0 Å². The van der Waals surface area contributed by atoms with Crippen LogP contribution in [0, 0.1) is 34.0 Å². The van der Waals surface area contributed by atoms with E-state index in [-0.39, 0.29) is 25.3 Å². The van der Waals surface area contributed by atoms with Crippen molar-refractivity contribution >= 4 is 5.91 Å². The highest BCUT2D eigenvalue weighted by molar-refractivity contribution is 5.78. The highest BCUT2D eigenvalue weighted by Crippen LogP contribution is 2.09. The van der Waals surface area contributed by atoms with E-state index >= 15 is 0 Å². The van der Waals surface area contributed by atoms with Gasteiger partial charge in [0.25, 0.3) is 0 Å². The number of hydrogen-bond donors (Lipinski definition) is 0. The van der Waals surface area contributed by atoms with E-state index in [0.717, 1.165) is 5.56 Å². The monoisotopic (exact) mass is 335 g/mol. The van der Waals surface area contributed by atoms with Crippen LogP contribution in [0.15, 0.2) is 36.9 Å². The second-order valence-corrected chi connectivity index (χ2v) is 5.47. The molecule has 1 aromatic rings. The third kappa shape index (κ3) is 7.31. The van der Waals surface area contributed by atoms with Crippen molar-refractivity contribution in [2.45, 2.75) is 19.4 Å². The fourth-order valence-electron chi connectivity index (χ4n) is 2.39. The first-order valence-electron chi connectivity index (χ1n) is 7.98. The molecule has 0 heterocycles. The van der Waals surface area contributed by atoms with Gasteiger partial charge in [-0.25, -0.2) is 0 Å². The van der Waals surface area contributed by atoms with E-state index in [1.807, 2.05) is 29.2 Å². The lowest BCUT2D eigenvalue weighted by Crippen LogP contribution is -2.41. The van der Waals surface area contributed by atoms with Gasteiger partial charge in [-0.2, -0.15) is 15.8 Å². The molecule has 0 aliphatic heterocycles. The summed E-state index contributed by atoms with van der Waals surface area (Å²) in [5.41, 5.74) is 1.52. The van der Waals surface area contributed by atoms with Crippen LogP contribution in [0.5, 0.6) is 0 Å². The zero-order valence-corrected chi connectivity index (χ0v) is 14.2. The molecule has 0 N–H and O–H groups in total. The van der Waals surface area contributed by atoms with Crippen LogP contribution in [-0.2, 0) is 11.3 Å². The Kier molecular flexibility index (Phi) is 9.08. The summed E-state index contributed by atoms with van der Waals surface area (Å²) in [4.78, 5) is 16.0. The van der Waals surface area contributed by atoms with Gasteiger partial charge in [-0.3, -0.25) is 9.69 Å². The van der Waals surface area contributed by atoms with Gasteiger partial charge in [0.2, 0.25) is 5.91 Å². The molecule has 0 saturated carbocycles. The van der Waals surface area contributed by atoms with Crippen LogP contribution in [0.1, 0.15) is 24.0 Å². The molecule has 0 fully saturated rings. The van der Waals surface area contributed by atoms with Gasteiger partial charge >= 0.3 is 0 Å². The number of rotatable bonds is 10. The minimum atomic E-state index is -0.121. The molecule has 0 spiro atoms. The first-order valence-corrected chi connectivity index (χ1v) is 7.98. The maximum Gasteiger partial charge on any atom is 0.236 e. The zero-order valence-electron chi connectivity index (χ0n) is 14.2. The lowest BCUT2D eigenvalue weighted by molar-refractivity contribution is -0.132. The van der Waals surface area contributed by atoms with Gasteiger partial charge in [-0.1, -0.05) is 18.2 Å². The number of hydrogen-bond acceptors (Lipinski definition) is 5. The summed E-state index contributed by atoms with van der Waals surface area (Å²) in [7, 11) is 0. The van der Waals surface area contributed by atoms with Crippen molar-refractivity contribution in [1.82, 2.24) is 9.80 Å². The molecule has 1 aromatic carbocycles. The number of amides is 1. The van der Waals surface area contributed by atoms with Crippen molar-refractivity contribution in [2.24, 2.45) is 0 Å². The van der Waals surface area contributed by atoms with Crippen molar-refractivity contribution < 1.29 is 4.79 Å². The molecule has 0 radical (unpaired) electrons. The summed E-state index contributed by atoms with van der Waals surface area (Å²) in [6.07, 6.45) is 2.20. The van der Waals surface area contributed by atoms with Gasteiger partial charge in [-0.05, 0) is 17.7 Å². The summed E-state index contributed by atoms with van der Waals surface area (Å²) in [6.45, 7) is 5.57. The smallest absolute Gasteiger partial charge is 0.236 e. The van der Waals surface area contributed by atoms with Crippen LogP contribution in [0.4, 0.5) is 0 Å². The molecule has 0 atom stereocenters.